The standard InChI is InChI=1S/C45H25N5/c46-26-29-16-23-44-40(24-29)38-11-3-6-15-43(38)50(44)45-32(27-47)8-7-12-39(45)35-22-19-31(25-33(35)28-48)30-17-20-34(21-18-30)49-41-13-4-1-9-36(41)37-10-2-5-14-42(37)49/h1-25H. The van der Waals surface area contributed by atoms with E-state index >= 15 is 0 Å². The van der Waals surface area contributed by atoms with Crippen LogP contribution >= 0.6 is 0 Å². The number of benzene rings is 7. The molecular formula is C45H25N5. The van der Waals surface area contributed by atoms with Crippen LogP contribution in [0.1, 0.15) is 16.7 Å². The second-order valence-electron chi connectivity index (χ2n) is 12.3. The van der Waals surface area contributed by atoms with Gasteiger partial charge < -0.3 is 9.13 Å². The molecule has 0 aliphatic heterocycles. The Labute approximate surface area is 287 Å². The zero-order valence-electron chi connectivity index (χ0n) is 26.7. The first kappa shape index (κ1) is 28.8. The summed E-state index contributed by atoms with van der Waals surface area (Å²) in [6.45, 7) is 0. The molecule has 5 nitrogen and oxygen atoms in total. The molecule has 5 heteroatoms. The minimum Gasteiger partial charge on any atom is -0.309 e. The summed E-state index contributed by atoms with van der Waals surface area (Å²) >= 11 is 0. The van der Waals surface area contributed by atoms with Crippen LogP contribution in [0.15, 0.2) is 152 Å². The quantitative estimate of drug-likeness (QED) is 0.193. The number of para-hydroxylation sites is 4. The lowest BCUT2D eigenvalue weighted by atomic mass is 9.93. The summed E-state index contributed by atoms with van der Waals surface area (Å²) in [4.78, 5) is 0. The van der Waals surface area contributed by atoms with Crippen molar-refractivity contribution in [1.29, 1.82) is 15.8 Å². The zero-order chi connectivity index (χ0) is 33.8. The van der Waals surface area contributed by atoms with Crippen LogP contribution in [0, 0.1) is 34.0 Å². The van der Waals surface area contributed by atoms with E-state index in [1.165, 1.54) is 10.8 Å². The lowest BCUT2D eigenvalue weighted by molar-refractivity contribution is 1.17. The highest BCUT2D eigenvalue weighted by atomic mass is 15.0. The van der Waals surface area contributed by atoms with Crippen LogP contribution < -0.4 is 0 Å². The maximum absolute atomic E-state index is 10.5. The van der Waals surface area contributed by atoms with Gasteiger partial charge >= 0.3 is 0 Å². The fourth-order valence-corrected chi connectivity index (χ4v) is 7.43. The van der Waals surface area contributed by atoms with Gasteiger partial charge in [-0.2, -0.15) is 15.8 Å². The van der Waals surface area contributed by atoms with Crippen molar-refractivity contribution >= 4 is 43.6 Å². The summed E-state index contributed by atoms with van der Waals surface area (Å²) in [6.07, 6.45) is 0. The number of nitrogens with zero attached hydrogens (tertiary/aromatic N) is 5. The van der Waals surface area contributed by atoms with Crippen LogP contribution in [0.4, 0.5) is 0 Å². The van der Waals surface area contributed by atoms with Crippen molar-refractivity contribution in [2.45, 2.75) is 0 Å². The third kappa shape index (κ3) is 4.31. The van der Waals surface area contributed by atoms with Gasteiger partial charge in [-0.1, -0.05) is 91.0 Å². The van der Waals surface area contributed by atoms with Gasteiger partial charge in [0, 0.05) is 38.4 Å². The third-order valence-electron chi connectivity index (χ3n) is 9.65. The summed E-state index contributed by atoms with van der Waals surface area (Å²) in [5, 5.41) is 34.9. The number of aromatic nitrogens is 2. The molecule has 2 heterocycles. The largest absolute Gasteiger partial charge is 0.309 e. The van der Waals surface area contributed by atoms with E-state index < -0.39 is 0 Å². The first-order valence-corrected chi connectivity index (χ1v) is 16.3. The lowest BCUT2D eigenvalue weighted by Gasteiger charge is -2.17. The van der Waals surface area contributed by atoms with Gasteiger partial charge in [-0.05, 0) is 71.8 Å². The molecule has 0 aliphatic carbocycles. The normalized spacial score (nSPS) is 11.1. The second-order valence-corrected chi connectivity index (χ2v) is 12.3. The topological polar surface area (TPSA) is 81.2 Å². The average molecular weight is 636 g/mol. The fourth-order valence-electron chi connectivity index (χ4n) is 7.43. The Bertz CT molecular complexity index is 2900. The van der Waals surface area contributed by atoms with Crippen molar-refractivity contribution in [3.63, 3.8) is 0 Å². The van der Waals surface area contributed by atoms with Crippen LogP contribution in [0.25, 0.3) is 77.2 Å². The number of hydrogen-bond acceptors (Lipinski definition) is 3. The van der Waals surface area contributed by atoms with Crippen LogP contribution in [0.2, 0.25) is 0 Å². The Balaban J connectivity index is 1.18. The summed E-state index contributed by atoms with van der Waals surface area (Å²) in [6, 6.07) is 57.7. The van der Waals surface area contributed by atoms with E-state index in [4.69, 9.17) is 0 Å². The number of fused-ring (bicyclic) bond motifs is 6. The number of rotatable bonds is 4. The van der Waals surface area contributed by atoms with Gasteiger partial charge in [0.05, 0.1) is 56.6 Å². The SMILES string of the molecule is N#Cc1ccc2c(c1)c1ccccc1n2-c1c(C#N)cccc1-c1ccc(-c2ccc(-n3c4ccccc4c4ccccc43)cc2)cc1C#N. The molecule has 0 saturated carbocycles. The molecular weight excluding hydrogens is 611 g/mol. The van der Waals surface area contributed by atoms with Crippen LogP contribution in [-0.2, 0) is 0 Å². The van der Waals surface area contributed by atoms with E-state index in [0.29, 0.717) is 22.4 Å². The molecule has 0 bridgehead atoms. The van der Waals surface area contributed by atoms with Gasteiger partial charge in [-0.25, -0.2) is 0 Å². The van der Waals surface area contributed by atoms with E-state index in [1.54, 1.807) is 6.07 Å². The summed E-state index contributed by atoms with van der Waals surface area (Å²) < 4.78 is 4.37. The molecule has 0 radical (unpaired) electrons. The molecule has 2 aromatic heterocycles. The maximum Gasteiger partial charge on any atom is 0.101 e. The van der Waals surface area contributed by atoms with Crippen molar-refractivity contribution in [2.75, 3.05) is 0 Å². The zero-order valence-corrected chi connectivity index (χ0v) is 26.7. The molecule has 50 heavy (non-hydrogen) atoms. The van der Waals surface area contributed by atoms with E-state index in [2.05, 4.69) is 100 Å². The maximum atomic E-state index is 10.5. The smallest absolute Gasteiger partial charge is 0.101 e. The molecule has 0 fully saturated rings. The van der Waals surface area contributed by atoms with Crippen LogP contribution in [0.3, 0.4) is 0 Å². The van der Waals surface area contributed by atoms with Gasteiger partial charge in [-0.15, -0.1) is 0 Å². The van der Waals surface area contributed by atoms with Gasteiger partial charge in [0.25, 0.3) is 0 Å². The van der Waals surface area contributed by atoms with E-state index in [-0.39, 0.29) is 0 Å². The van der Waals surface area contributed by atoms with Crippen LogP contribution in [0.5, 0.6) is 0 Å². The highest BCUT2D eigenvalue weighted by molar-refractivity contribution is 6.11. The Hall–Kier alpha value is -7.39. The van der Waals surface area contributed by atoms with Crippen molar-refractivity contribution < 1.29 is 0 Å². The monoisotopic (exact) mass is 635 g/mol. The summed E-state index contributed by atoms with van der Waals surface area (Å²) in [7, 11) is 0. The average Bonchev–Trinajstić information content (AvgIpc) is 3.70. The van der Waals surface area contributed by atoms with Crippen molar-refractivity contribution in [3.05, 3.63) is 168 Å². The van der Waals surface area contributed by atoms with Crippen molar-refractivity contribution in [1.82, 2.24) is 9.13 Å². The van der Waals surface area contributed by atoms with Crippen LogP contribution in [-0.4, -0.2) is 9.13 Å². The Kier molecular flexibility index (Phi) is 6.56. The Morgan fingerprint density at radius 3 is 1.60 bits per heavy atom. The molecule has 0 saturated heterocycles. The van der Waals surface area contributed by atoms with Gasteiger partial charge in [0.1, 0.15) is 6.07 Å². The molecule has 9 aromatic rings. The number of hydrogen-bond donors (Lipinski definition) is 0. The molecule has 230 valence electrons. The molecule has 0 amide bonds. The van der Waals surface area contributed by atoms with E-state index in [9.17, 15) is 15.8 Å². The summed E-state index contributed by atoms with van der Waals surface area (Å²) in [5.74, 6) is 0. The molecule has 0 aliphatic rings. The minimum absolute atomic E-state index is 0.489. The van der Waals surface area contributed by atoms with E-state index in [1.807, 2.05) is 72.8 Å². The Morgan fingerprint density at radius 2 is 0.960 bits per heavy atom. The first-order valence-electron chi connectivity index (χ1n) is 16.3. The molecule has 0 atom stereocenters. The van der Waals surface area contributed by atoms with Crippen molar-refractivity contribution in [2.24, 2.45) is 0 Å². The predicted octanol–water partition coefficient (Wildman–Crippen LogP) is 10.8. The lowest BCUT2D eigenvalue weighted by Crippen LogP contribution is -2.02. The molecule has 0 unspecified atom stereocenters. The fraction of sp³-hybridized carbons (Fsp3) is 0. The number of nitriles is 3. The third-order valence-corrected chi connectivity index (χ3v) is 9.65. The minimum atomic E-state index is 0.489. The molecule has 9 rings (SSSR count). The van der Waals surface area contributed by atoms with Gasteiger partial charge in [0.2, 0.25) is 0 Å². The molecule has 0 N–H and O–H groups in total. The highest BCUT2D eigenvalue weighted by Crippen LogP contribution is 2.40. The highest BCUT2D eigenvalue weighted by Gasteiger charge is 2.21. The van der Waals surface area contributed by atoms with E-state index in [0.717, 1.165) is 60.8 Å². The predicted molar refractivity (Wildman–Crippen MR) is 200 cm³/mol. The summed E-state index contributed by atoms with van der Waals surface area (Å²) in [5.41, 5.74) is 10.9. The van der Waals surface area contributed by atoms with Gasteiger partial charge in [-0.3, -0.25) is 0 Å². The second kappa shape index (κ2) is 11.4. The first-order chi connectivity index (χ1) is 24.7. The molecule has 0 spiro atoms. The molecule has 7 aromatic carbocycles. The van der Waals surface area contributed by atoms with Gasteiger partial charge in [0.15, 0.2) is 0 Å². The van der Waals surface area contributed by atoms with Crippen molar-refractivity contribution in [3.8, 4) is 51.8 Å². The Morgan fingerprint density at radius 1 is 0.380 bits per heavy atom.